The van der Waals surface area contributed by atoms with Gasteiger partial charge < -0.3 is 0 Å². The van der Waals surface area contributed by atoms with Gasteiger partial charge in [-0.1, -0.05) is 42.1 Å². The second kappa shape index (κ2) is 4.38. The Bertz CT molecular complexity index is 88.7. The lowest BCUT2D eigenvalue weighted by Gasteiger charge is -2.26. The van der Waals surface area contributed by atoms with Crippen molar-refractivity contribution in [2.45, 2.75) is 50.3 Å². The molecule has 0 radical (unpaired) electrons. The molecule has 0 heterocycles. The SMILES string of the molecule is CCC[C@H]1CCCC[C@@H]1Br. The van der Waals surface area contributed by atoms with E-state index in [1.165, 1.54) is 38.5 Å². The highest BCUT2D eigenvalue weighted by Crippen LogP contribution is 2.32. The zero-order valence-electron chi connectivity index (χ0n) is 6.78. The van der Waals surface area contributed by atoms with E-state index >= 15 is 0 Å². The van der Waals surface area contributed by atoms with Crippen molar-refractivity contribution < 1.29 is 0 Å². The standard InChI is InChI=1S/C9H17Br/c1-2-5-8-6-3-4-7-9(8)10/h8-9H,2-7H2,1H3/t8-,9-/m0/s1. The van der Waals surface area contributed by atoms with Crippen molar-refractivity contribution in [1.29, 1.82) is 0 Å². The second-order valence-corrected chi connectivity index (χ2v) is 4.53. The van der Waals surface area contributed by atoms with E-state index in [9.17, 15) is 0 Å². The topological polar surface area (TPSA) is 0 Å². The first-order valence-corrected chi connectivity index (χ1v) is 5.40. The lowest BCUT2D eigenvalue weighted by molar-refractivity contribution is 0.352. The van der Waals surface area contributed by atoms with Crippen molar-refractivity contribution in [2.24, 2.45) is 5.92 Å². The van der Waals surface area contributed by atoms with Crippen molar-refractivity contribution in [1.82, 2.24) is 0 Å². The fourth-order valence-corrected chi connectivity index (χ4v) is 2.71. The van der Waals surface area contributed by atoms with Crippen LogP contribution in [-0.2, 0) is 0 Å². The van der Waals surface area contributed by atoms with Gasteiger partial charge in [0.2, 0.25) is 0 Å². The van der Waals surface area contributed by atoms with Crippen LogP contribution in [0.2, 0.25) is 0 Å². The van der Waals surface area contributed by atoms with Crippen molar-refractivity contribution in [3.63, 3.8) is 0 Å². The molecule has 0 saturated heterocycles. The van der Waals surface area contributed by atoms with Gasteiger partial charge in [-0.25, -0.2) is 0 Å². The van der Waals surface area contributed by atoms with E-state index in [4.69, 9.17) is 0 Å². The summed E-state index contributed by atoms with van der Waals surface area (Å²) in [5, 5.41) is 0. The average molecular weight is 205 g/mol. The van der Waals surface area contributed by atoms with Crippen molar-refractivity contribution in [3.8, 4) is 0 Å². The predicted molar refractivity (Wildman–Crippen MR) is 49.6 cm³/mol. The Kier molecular flexibility index (Phi) is 3.75. The molecule has 60 valence electrons. The molecule has 0 aliphatic heterocycles. The van der Waals surface area contributed by atoms with Gasteiger partial charge in [-0.2, -0.15) is 0 Å². The Morgan fingerprint density at radius 3 is 2.60 bits per heavy atom. The van der Waals surface area contributed by atoms with Gasteiger partial charge in [0, 0.05) is 4.83 Å². The molecule has 0 spiro atoms. The van der Waals surface area contributed by atoms with Crippen LogP contribution >= 0.6 is 15.9 Å². The minimum absolute atomic E-state index is 0.834. The minimum atomic E-state index is 0.834. The Morgan fingerprint density at radius 2 is 2.00 bits per heavy atom. The zero-order chi connectivity index (χ0) is 7.40. The molecule has 0 amide bonds. The third-order valence-electron chi connectivity index (χ3n) is 2.48. The summed E-state index contributed by atoms with van der Waals surface area (Å²) in [6, 6.07) is 0. The summed E-state index contributed by atoms with van der Waals surface area (Å²) < 4.78 is 0. The highest BCUT2D eigenvalue weighted by atomic mass is 79.9. The van der Waals surface area contributed by atoms with Gasteiger partial charge in [0.25, 0.3) is 0 Å². The number of hydrogen-bond donors (Lipinski definition) is 0. The summed E-state index contributed by atoms with van der Waals surface area (Å²) in [6.45, 7) is 2.29. The van der Waals surface area contributed by atoms with E-state index in [0.29, 0.717) is 0 Å². The molecule has 1 heteroatoms. The number of rotatable bonds is 2. The van der Waals surface area contributed by atoms with Crippen LogP contribution in [0.1, 0.15) is 45.4 Å². The highest BCUT2D eigenvalue weighted by Gasteiger charge is 2.21. The van der Waals surface area contributed by atoms with Crippen LogP contribution in [0.5, 0.6) is 0 Å². The minimum Gasteiger partial charge on any atom is -0.0888 e. The normalized spacial score (nSPS) is 34.2. The van der Waals surface area contributed by atoms with Crippen molar-refractivity contribution >= 4 is 15.9 Å². The second-order valence-electron chi connectivity index (χ2n) is 3.35. The molecule has 1 fully saturated rings. The van der Waals surface area contributed by atoms with Crippen LogP contribution in [0.3, 0.4) is 0 Å². The molecule has 0 nitrogen and oxygen atoms in total. The van der Waals surface area contributed by atoms with Gasteiger partial charge in [0.15, 0.2) is 0 Å². The largest absolute Gasteiger partial charge is 0.0888 e. The van der Waals surface area contributed by atoms with E-state index in [-0.39, 0.29) is 0 Å². The highest BCUT2D eigenvalue weighted by molar-refractivity contribution is 9.09. The van der Waals surface area contributed by atoms with E-state index in [2.05, 4.69) is 22.9 Å². The van der Waals surface area contributed by atoms with E-state index in [0.717, 1.165) is 10.7 Å². The Hall–Kier alpha value is 0.480. The molecular weight excluding hydrogens is 188 g/mol. The summed E-state index contributed by atoms with van der Waals surface area (Å²) in [4.78, 5) is 0.834. The van der Waals surface area contributed by atoms with Gasteiger partial charge in [0.1, 0.15) is 0 Å². The molecule has 1 aliphatic rings. The van der Waals surface area contributed by atoms with Crippen molar-refractivity contribution in [3.05, 3.63) is 0 Å². The first kappa shape index (κ1) is 8.58. The van der Waals surface area contributed by atoms with Crippen LogP contribution < -0.4 is 0 Å². The summed E-state index contributed by atoms with van der Waals surface area (Å²) >= 11 is 3.76. The third kappa shape index (κ3) is 2.26. The van der Waals surface area contributed by atoms with Gasteiger partial charge in [-0.05, 0) is 25.2 Å². The first-order chi connectivity index (χ1) is 4.84. The first-order valence-electron chi connectivity index (χ1n) is 4.48. The molecule has 0 unspecified atom stereocenters. The Morgan fingerprint density at radius 1 is 1.30 bits per heavy atom. The summed E-state index contributed by atoms with van der Waals surface area (Å²) in [7, 11) is 0. The van der Waals surface area contributed by atoms with Gasteiger partial charge in [0.05, 0.1) is 0 Å². The van der Waals surface area contributed by atoms with Gasteiger partial charge in [-0.3, -0.25) is 0 Å². The van der Waals surface area contributed by atoms with Crippen LogP contribution in [-0.4, -0.2) is 4.83 Å². The van der Waals surface area contributed by atoms with E-state index in [1.54, 1.807) is 0 Å². The summed E-state index contributed by atoms with van der Waals surface area (Å²) in [5.74, 6) is 0.985. The molecule has 0 aromatic carbocycles. The summed E-state index contributed by atoms with van der Waals surface area (Å²) in [6.07, 6.45) is 8.56. The van der Waals surface area contributed by atoms with Crippen LogP contribution in [0.4, 0.5) is 0 Å². The molecule has 1 aliphatic carbocycles. The fourth-order valence-electron chi connectivity index (χ4n) is 1.86. The van der Waals surface area contributed by atoms with Crippen LogP contribution in [0.15, 0.2) is 0 Å². The summed E-state index contributed by atoms with van der Waals surface area (Å²) in [5.41, 5.74) is 0. The predicted octanol–water partition coefficient (Wildman–Crippen LogP) is 3.74. The number of hydrogen-bond acceptors (Lipinski definition) is 0. The molecule has 0 bridgehead atoms. The maximum absolute atomic E-state index is 3.76. The van der Waals surface area contributed by atoms with Gasteiger partial charge in [-0.15, -0.1) is 0 Å². The Balaban J connectivity index is 2.25. The number of alkyl halides is 1. The lowest BCUT2D eigenvalue weighted by Crippen LogP contribution is -2.18. The van der Waals surface area contributed by atoms with E-state index in [1.807, 2.05) is 0 Å². The smallest absolute Gasteiger partial charge is 0.0174 e. The molecular formula is C9H17Br. The maximum atomic E-state index is 3.76. The molecule has 0 N–H and O–H groups in total. The monoisotopic (exact) mass is 204 g/mol. The van der Waals surface area contributed by atoms with Crippen LogP contribution in [0.25, 0.3) is 0 Å². The maximum Gasteiger partial charge on any atom is 0.0174 e. The molecule has 0 aromatic heterocycles. The third-order valence-corrected chi connectivity index (χ3v) is 3.68. The lowest BCUT2D eigenvalue weighted by atomic mass is 9.86. The quantitative estimate of drug-likeness (QED) is 0.602. The molecule has 1 rings (SSSR count). The molecule has 0 aromatic rings. The average Bonchev–Trinajstić information content (AvgIpc) is 1.94. The fraction of sp³-hybridized carbons (Fsp3) is 1.00. The Labute approximate surface area is 72.5 Å². The van der Waals surface area contributed by atoms with E-state index < -0.39 is 0 Å². The number of halogens is 1. The molecule has 10 heavy (non-hydrogen) atoms. The van der Waals surface area contributed by atoms with Crippen molar-refractivity contribution in [2.75, 3.05) is 0 Å². The molecule has 2 atom stereocenters. The zero-order valence-corrected chi connectivity index (χ0v) is 8.36. The molecule has 1 saturated carbocycles. The van der Waals surface area contributed by atoms with Gasteiger partial charge >= 0.3 is 0 Å². The van der Waals surface area contributed by atoms with Crippen LogP contribution in [0, 0.1) is 5.92 Å².